The molecule has 1 N–H and O–H groups in total. The summed E-state index contributed by atoms with van der Waals surface area (Å²) < 4.78 is 29.2. The highest BCUT2D eigenvalue weighted by molar-refractivity contribution is 7.92. The zero-order valence-electron chi connectivity index (χ0n) is 19.4. The average Bonchev–Trinajstić information content (AvgIpc) is 3.36. The second-order valence-corrected chi connectivity index (χ2v) is 10.1. The number of rotatable bonds is 7. The molecule has 2 heterocycles. The van der Waals surface area contributed by atoms with Crippen molar-refractivity contribution in [3.63, 3.8) is 0 Å². The van der Waals surface area contributed by atoms with Crippen LogP contribution in [0.2, 0.25) is 0 Å². The van der Waals surface area contributed by atoms with Crippen LogP contribution in [0.4, 0.5) is 5.69 Å². The summed E-state index contributed by atoms with van der Waals surface area (Å²) in [4.78, 5) is 21.7. The van der Waals surface area contributed by atoms with Crippen LogP contribution in [0.3, 0.4) is 0 Å². The zero-order valence-corrected chi connectivity index (χ0v) is 20.3. The molecule has 0 fully saturated rings. The summed E-state index contributed by atoms with van der Waals surface area (Å²) in [6.07, 6.45) is 3.42. The molecule has 0 spiro atoms. The van der Waals surface area contributed by atoms with Gasteiger partial charge in [-0.15, -0.1) is 0 Å². The lowest BCUT2D eigenvalue weighted by molar-refractivity contribution is 0.0950. The van der Waals surface area contributed by atoms with Crippen molar-refractivity contribution in [1.82, 2.24) is 19.9 Å². The first-order valence-corrected chi connectivity index (χ1v) is 12.7. The number of anilines is 1. The molecule has 0 saturated heterocycles. The van der Waals surface area contributed by atoms with E-state index in [0.717, 1.165) is 22.4 Å². The Balaban J connectivity index is 1.28. The Kier molecular flexibility index (Phi) is 6.22. The minimum absolute atomic E-state index is 0.0417. The maximum absolute atomic E-state index is 13.1. The molecule has 0 bridgehead atoms. The predicted molar refractivity (Wildman–Crippen MR) is 139 cm³/mol. The molecule has 0 radical (unpaired) electrons. The van der Waals surface area contributed by atoms with E-state index >= 15 is 0 Å². The monoisotopic (exact) mass is 497 g/mol. The fraction of sp³-hybridized carbons (Fsp3) is 0.0741. The number of fused-ring (bicyclic) bond motifs is 1. The largest absolute Gasteiger partial charge is 0.348 e. The van der Waals surface area contributed by atoms with Crippen molar-refractivity contribution in [2.45, 2.75) is 11.4 Å². The molecule has 36 heavy (non-hydrogen) atoms. The lowest BCUT2D eigenvalue weighted by Gasteiger charge is -2.19. The van der Waals surface area contributed by atoms with E-state index in [9.17, 15) is 13.2 Å². The highest BCUT2D eigenvalue weighted by atomic mass is 32.2. The number of pyridine rings is 1. The van der Waals surface area contributed by atoms with Crippen molar-refractivity contribution in [2.24, 2.45) is 0 Å². The highest BCUT2D eigenvalue weighted by Gasteiger charge is 2.22. The summed E-state index contributed by atoms with van der Waals surface area (Å²) >= 11 is 0. The maximum Gasteiger partial charge on any atom is 0.264 e. The molecule has 0 aliphatic rings. The Morgan fingerprint density at radius 2 is 1.69 bits per heavy atom. The van der Waals surface area contributed by atoms with E-state index in [0.29, 0.717) is 5.69 Å². The molecule has 9 heteroatoms. The van der Waals surface area contributed by atoms with Gasteiger partial charge in [-0.25, -0.2) is 18.4 Å². The number of carbonyl (C=O) groups is 1. The molecule has 5 rings (SSSR count). The van der Waals surface area contributed by atoms with Crippen molar-refractivity contribution in [2.75, 3.05) is 11.4 Å². The van der Waals surface area contributed by atoms with Crippen LogP contribution in [0.25, 0.3) is 16.9 Å². The van der Waals surface area contributed by atoms with Crippen LogP contribution in [-0.4, -0.2) is 35.9 Å². The molecule has 0 aliphatic carbocycles. The van der Waals surface area contributed by atoms with E-state index in [2.05, 4.69) is 15.3 Å². The van der Waals surface area contributed by atoms with Crippen LogP contribution in [0.5, 0.6) is 0 Å². The van der Waals surface area contributed by atoms with Crippen LogP contribution in [0.15, 0.2) is 108 Å². The molecule has 5 aromatic rings. The minimum Gasteiger partial charge on any atom is -0.348 e. The average molecular weight is 498 g/mol. The number of nitrogens with zero attached hydrogens (tertiary/aromatic N) is 4. The second-order valence-electron chi connectivity index (χ2n) is 8.15. The number of hydrogen-bond donors (Lipinski definition) is 1. The smallest absolute Gasteiger partial charge is 0.264 e. The van der Waals surface area contributed by atoms with Gasteiger partial charge in [-0.2, -0.15) is 0 Å². The number of amides is 1. The Morgan fingerprint density at radius 1 is 0.917 bits per heavy atom. The summed E-state index contributed by atoms with van der Waals surface area (Å²) in [6, 6.07) is 26.3. The van der Waals surface area contributed by atoms with Gasteiger partial charge >= 0.3 is 0 Å². The molecule has 1 amide bonds. The molecule has 180 valence electrons. The van der Waals surface area contributed by atoms with Gasteiger partial charge in [0.15, 0.2) is 0 Å². The Bertz CT molecular complexity index is 1630. The molecule has 2 aromatic heterocycles. The summed E-state index contributed by atoms with van der Waals surface area (Å²) in [5, 5.41) is 2.83. The number of para-hydroxylation sites is 3. The Labute approximate surface area is 208 Å². The van der Waals surface area contributed by atoms with Crippen molar-refractivity contribution in [3.8, 4) is 5.82 Å². The number of aromatic nitrogens is 3. The second kappa shape index (κ2) is 9.63. The number of imidazole rings is 1. The quantitative estimate of drug-likeness (QED) is 0.364. The normalized spacial score (nSPS) is 11.4. The number of hydrogen-bond acceptors (Lipinski definition) is 5. The minimum atomic E-state index is -3.82. The fourth-order valence-corrected chi connectivity index (χ4v) is 5.06. The predicted octanol–water partition coefficient (Wildman–Crippen LogP) is 4.18. The standard InChI is InChI=1S/C27H23N5O3S/c1-31(22-9-3-2-4-10-22)36(34,35)23-11-7-8-21(16-23)27(33)29-18-20-14-15-26(28-17-20)32-19-30-24-12-5-6-13-25(24)32/h2-17,19H,18H2,1H3,(H,29,33). The molecule has 0 saturated carbocycles. The molecule has 3 aromatic carbocycles. The Morgan fingerprint density at radius 3 is 2.47 bits per heavy atom. The fourth-order valence-electron chi connectivity index (χ4n) is 3.82. The lowest BCUT2D eigenvalue weighted by Crippen LogP contribution is -2.27. The van der Waals surface area contributed by atoms with Crippen molar-refractivity contribution < 1.29 is 13.2 Å². The van der Waals surface area contributed by atoms with Crippen molar-refractivity contribution in [1.29, 1.82) is 0 Å². The third-order valence-corrected chi connectivity index (χ3v) is 7.62. The highest BCUT2D eigenvalue weighted by Crippen LogP contribution is 2.22. The number of nitrogens with one attached hydrogen (secondary N) is 1. The van der Waals surface area contributed by atoms with Gasteiger partial charge < -0.3 is 5.32 Å². The van der Waals surface area contributed by atoms with Gasteiger partial charge in [-0.05, 0) is 54.1 Å². The summed E-state index contributed by atoms with van der Waals surface area (Å²) in [7, 11) is -2.33. The van der Waals surface area contributed by atoms with E-state index in [1.165, 1.54) is 23.5 Å². The summed E-state index contributed by atoms with van der Waals surface area (Å²) in [6.45, 7) is 0.248. The number of carbonyl (C=O) groups excluding carboxylic acids is 1. The van der Waals surface area contributed by atoms with Crippen molar-refractivity contribution >= 4 is 32.7 Å². The van der Waals surface area contributed by atoms with Gasteiger partial charge in [0.25, 0.3) is 15.9 Å². The lowest BCUT2D eigenvalue weighted by atomic mass is 10.2. The van der Waals surface area contributed by atoms with Crippen LogP contribution < -0.4 is 9.62 Å². The van der Waals surface area contributed by atoms with Gasteiger partial charge in [0.1, 0.15) is 12.1 Å². The van der Waals surface area contributed by atoms with Gasteiger partial charge in [0.2, 0.25) is 0 Å². The first-order chi connectivity index (χ1) is 17.4. The molecular formula is C27H23N5O3S. The van der Waals surface area contributed by atoms with E-state index in [-0.39, 0.29) is 22.9 Å². The van der Waals surface area contributed by atoms with E-state index in [1.807, 2.05) is 47.0 Å². The molecule has 0 aliphatic heterocycles. The topological polar surface area (TPSA) is 97.2 Å². The van der Waals surface area contributed by atoms with E-state index in [4.69, 9.17) is 0 Å². The van der Waals surface area contributed by atoms with Crippen molar-refractivity contribution in [3.05, 3.63) is 115 Å². The van der Waals surface area contributed by atoms with Gasteiger partial charge in [-0.3, -0.25) is 13.7 Å². The van der Waals surface area contributed by atoms with Gasteiger partial charge in [0.05, 0.1) is 21.6 Å². The molecular weight excluding hydrogens is 474 g/mol. The van der Waals surface area contributed by atoms with Crippen LogP contribution in [0.1, 0.15) is 15.9 Å². The number of sulfonamides is 1. The van der Waals surface area contributed by atoms with E-state index < -0.39 is 10.0 Å². The Hall–Kier alpha value is -4.50. The van der Waals surface area contributed by atoms with Crippen LogP contribution in [0, 0.1) is 0 Å². The van der Waals surface area contributed by atoms with Crippen LogP contribution >= 0.6 is 0 Å². The summed E-state index contributed by atoms with van der Waals surface area (Å²) in [5.74, 6) is 0.346. The third-order valence-electron chi connectivity index (χ3n) is 5.84. The molecule has 8 nitrogen and oxygen atoms in total. The van der Waals surface area contributed by atoms with E-state index in [1.54, 1.807) is 48.9 Å². The third kappa shape index (κ3) is 4.56. The SMILES string of the molecule is CN(c1ccccc1)S(=O)(=O)c1cccc(C(=O)NCc2ccc(-n3cnc4ccccc43)nc2)c1. The van der Waals surface area contributed by atoms with Gasteiger partial charge in [-0.1, -0.05) is 42.5 Å². The molecule has 0 atom stereocenters. The number of benzene rings is 3. The zero-order chi connectivity index (χ0) is 25.1. The summed E-state index contributed by atoms with van der Waals surface area (Å²) in [5.41, 5.74) is 3.44. The maximum atomic E-state index is 13.1. The van der Waals surface area contributed by atoms with Crippen LogP contribution in [-0.2, 0) is 16.6 Å². The first-order valence-electron chi connectivity index (χ1n) is 11.2. The first kappa shape index (κ1) is 23.3. The van der Waals surface area contributed by atoms with Gasteiger partial charge in [0, 0.05) is 25.4 Å². The molecule has 0 unspecified atom stereocenters.